The van der Waals surface area contributed by atoms with Gasteiger partial charge in [-0.15, -0.1) is 0 Å². The van der Waals surface area contributed by atoms with Gasteiger partial charge in [0.2, 0.25) is 0 Å². The lowest BCUT2D eigenvalue weighted by atomic mass is 10.1. The molecule has 1 heterocycles. The summed E-state index contributed by atoms with van der Waals surface area (Å²) in [4.78, 5) is 13.7. The van der Waals surface area contributed by atoms with Crippen molar-refractivity contribution in [2.24, 2.45) is 0 Å². The van der Waals surface area contributed by atoms with E-state index in [0.717, 1.165) is 31.2 Å². The zero-order valence-corrected chi connectivity index (χ0v) is 20.1. The molecule has 0 atom stereocenters. The number of methoxy groups -OCH3 is 1. The molecule has 0 saturated carbocycles. The number of aromatic nitrogens is 1. The fraction of sp³-hybridized carbons (Fsp3) is 0.536. The standard InChI is InChI=1S/C28H38N2O2/c1-4-6-8-10-12-16-21-29(28(31)32-3)23-20-25-24-30(22-17-13-11-9-7-5-2)27-19-15-14-18-26(25)27/h14-15,18-19,24H,4-13,20,23H2,1-3H3. The minimum atomic E-state index is -0.401. The summed E-state index contributed by atoms with van der Waals surface area (Å²) in [6.07, 6.45) is 13.7. The molecule has 32 heavy (non-hydrogen) atoms. The predicted molar refractivity (Wildman–Crippen MR) is 133 cm³/mol. The Balaban J connectivity index is 2.06. The van der Waals surface area contributed by atoms with Gasteiger partial charge in [-0.2, -0.15) is 0 Å². The Morgan fingerprint density at radius 2 is 1.66 bits per heavy atom. The highest BCUT2D eigenvalue weighted by atomic mass is 16.5. The molecule has 0 saturated heterocycles. The van der Waals surface area contributed by atoms with Crippen molar-refractivity contribution in [2.75, 3.05) is 13.7 Å². The maximum absolute atomic E-state index is 12.2. The molecule has 1 amide bonds. The third kappa shape index (κ3) is 8.35. The molecule has 0 bridgehead atoms. The molecule has 0 aliphatic carbocycles. The number of rotatable bonds is 11. The number of nitrogens with zero attached hydrogens (tertiary/aromatic N) is 2. The van der Waals surface area contributed by atoms with E-state index in [4.69, 9.17) is 4.74 Å². The number of hydrogen-bond donors (Lipinski definition) is 0. The summed E-state index contributed by atoms with van der Waals surface area (Å²) >= 11 is 0. The van der Waals surface area contributed by atoms with Crippen molar-refractivity contribution in [2.45, 2.75) is 84.5 Å². The maximum atomic E-state index is 12.2. The molecular weight excluding hydrogens is 396 g/mol. The lowest BCUT2D eigenvalue weighted by Crippen LogP contribution is -2.28. The number of para-hydroxylation sites is 1. The van der Waals surface area contributed by atoms with Crippen molar-refractivity contribution < 1.29 is 9.53 Å². The highest BCUT2D eigenvalue weighted by Crippen LogP contribution is 2.21. The monoisotopic (exact) mass is 434 g/mol. The first kappa shape index (κ1) is 25.4. The molecule has 2 rings (SSSR count). The van der Waals surface area contributed by atoms with Gasteiger partial charge >= 0.3 is 6.09 Å². The van der Waals surface area contributed by atoms with Gasteiger partial charge in [-0.05, 0) is 30.9 Å². The van der Waals surface area contributed by atoms with Crippen molar-refractivity contribution in [3.05, 3.63) is 36.0 Å². The summed E-state index contributed by atoms with van der Waals surface area (Å²) in [5.41, 5.74) is 2.27. The van der Waals surface area contributed by atoms with Gasteiger partial charge in [0.15, 0.2) is 0 Å². The van der Waals surface area contributed by atoms with Crippen LogP contribution in [0.2, 0.25) is 0 Å². The van der Waals surface area contributed by atoms with Gasteiger partial charge in [-0.1, -0.05) is 82.4 Å². The van der Waals surface area contributed by atoms with E-state index in [-0.39, 0.29) is 0 Å². The minimum absolute atomic E-state index is 0.401. The molecule has 4 heteroatoms. The normalized spacial score (nSPS) is 10.2. The largest absolute Gasteiger partial charge is 0.452 e. The van der Waals surface area contributed by atoms with Crippen LogP contribution in [0.25, 0.3) is 10.9 Å². The summed E-state index contributed by atoms with van der Waals surface area (Å²) < 4.78 is 6.96. The number of fused-ring (bicyclic) bond motifs is 1. The van der Waals surface area contributed by atoms with Crippen molar-refractivity contribution in [3.8, 4) is 23.9 Å². The lowest BCUT2D eigenvalue weighted by Gasteiger charge is -2.13. The van der Waals surface area contributed by atoms with E-state index in [1.54, 1.807) is 0 Å². The summed E-state index contributed by atoms with van der Waals surface area (Å²) in [5.74, 6) is 6.45. The highest BCUT2D eigenvalue weighted by molar-refractivity contribution is 5.85. The lowest BCUT2D eigenvalue weighted by molar-refractivity contribution is 0.143. The molecule has 0 fully saturated rings. The number of unbranched alkanes of at least 4 members (excludes halogenated alkanes) is 8. The highest BCUT2D eigenvalue weighted by Gasteiger charge is 2.14. The zero-order valence-electron chi connectivity index (χ0n) is 20.1. The van der Waals surface area contributed by atoms with Gasteiger partial charge in [0.05, 0.1) is 12.6 Å². The minimum Gasteiger partial charge on any atom is -0.452 e. The molecule has 0 spiro atoms. The van der Waals surface area contributed by atoms with Crippen LogP contribution in [0.1, 0.15) is 83.6 Å². The average Bonchev–Trinajstić information content (AvgIpc) is 3.17. The van der Waals surface area contributed by atoms with E-state index in [9.17, 15) is 4.79 Å². The Hall–Kier alpha value is -2.85. The molecule has 0 radical (unpaired) electrons. The van der Waals surface area contributed by atoms with Gasteiger partial charge < -0.3 is 4.74 Å². The quantitative estimate of drug-likeness (QED) is 0.218. The van der Waals surface area contributed by atoms with Crippen molar-refractivity contribution in [1.29, 1.82) is 0 Å². The number of ether oxygens (including phenoxy) is 1. The van der Waals surface area contributed by atoms with E-state index in [2.05, 4.69) is 56.1 Å². The summed E-state index contributed by atoms with van der Waals surface area (Å²) in [7, 11) is 1.40. The summed E-state index contributed by atoms with van der Waals surface area (Å²) in [5, 5.41) is 1.17. The Morgan fingerprint density at radius 3 is 2.34 bits per heavy atom. The van der Waals surface area contributed by atoms with Crippen molar-refractivity contribution in [1.82, 2.24) is 9.47 Å². The Bertz CT molecular complexity index is 952. The topological polar surface area (TPSA) is 34.5 Å². The van der Waals surface area contributed by atoms with Crippen molar-refractivity contribution >= 4 is 17.0 Å². The van der Waals surface area contributed by atoms with Gasteiger partial charge in [-0.25, -0.2) is 9.69 Å². The number of hydrogen-bond acceptors (Lipinski definition) is 2. The predicted octanol–water partition coefficient (Wildman–Crippen LogP) is 6.96. The van der Waals surface area contributed by atoms with E-state index in [0.29, 0.717) is 13.0 Å². The Kier molecular flexibility index (Phi) is 11.9. The third-order valence-corrected chi connectivity index (χ3v) is 5.52. The molecule has 0 N–H and O–H groups in total. The smallest absolute Gasteiger partial charge is 0.421 e. The number of carbonyl (C=O) groups is 1. The van der Waals surface area contributed by atoms with E-state index >= 15 is 0 Å². The second kappa shape index (κ2) is 15.0. The molecule has 4 nitrogen and oxygen atoms in total. The zero-order chi connectivity index (χ0) is 23.0. The van der Waals surface area contributed by atoms with Gasteiger partial charge in [0, 0.05) is 43.1 Å². The average molecular weight is 435 g/mol. The Morgan fingerprint density at radius 1 is 0.969 bits per heavy atom. The van der Waals surface area contributed by atoms with Gasteiger partial charge in [0.25, 0.3) is 0 Å². The molecular formula is C28H38N2O2. The number of amides is 1. The molecule has 0 aliphatic heterocycles. The molecule has 1 aromatic heterocycles. The molecule has 2 aromatic rings. The van der Waals surface area contributed by atoms with Crippen LogP contribution in [0.3, 0.4) is 0 Å². The Labute approximate surface area is 194 Å². The van der Waals surface area contributed by atoms with E-state index in [1.807, 2.05) is 16.7 Å². The van der Waals surface area contributed by atoms with Crippen LogP contribution in [0, 0.1) is 23.9 Å². The maximum Gasteiger partial charge on any atom is 0.421 e. The number of carbonyl (C=O) groups excluding carboxylic acids is 1. The molecule has 0 aliphatic rings. The van der Waals surface area contributed by atoms with Crippen LogP contribution in [0.15, 0.2) is 30.5 Å². The fourth-order valence-electron chi connectivity index (χ4n) is 3.65. The van der Waals surface area contributed by atoms with E-state index in [1.165, 1.54) is 61.5 Å². The first-order valence-corrected chi connectivity index (χ1v) is 12.1. The van der Waals surface area contributed by atoms with Crippen LogP contribution < -0.4 is 0 Å². The van der Waals surface area contributed by atoms with Crippen molar-refractivity contribution in [3.63, 3.8) is 0 Å². The number of benzene rings is 1. The first-order valence-electron chi connectivity index (χ1n) is 12.1. The van der Waals surface area contributed by atoms with E-state index < -0.39 is 6.09 Å². The van der Waals surface area contributed by atoms with Gasteiger partial charge in [-0.3, -0.25) is 4.57 Å². The summed E-state index contributed by atoms with van der Waals surface area (Å²) in [6, 6.07) is 14.6. The van der Waals surface area contributed by atoms with Gasteiger partial charge in [0.1, 0.15) is 0 Å². The third-order valence-electron chi connectivity index (χ3n) is 5.52. The van der Waals surface area contributed by atoms with Crippen LogP contribution in [0.5, 0.6) is 0 Å². The second-order valence-corrected chi connectivity index (χ2v) is 8.11. The van der Waals surface area contributed by atoms with Crippen LogP contribution in [-0.2, 0) is 11.2 Å². The summed E-state index contributed by atoms with van der Waals surface area (Å²) in [6.45, 7) is 4.91. The fourth-order valence-corrected chi connectivity index (χ4v) is 3.65. The first-order chi connectivity index (χ1) is 15.7. The molecule has 0 unspecified atom stereocenters. The SMILES string of the molecule is CCCCCCC#CN(CCc1cn(C#CCCCCCC)c2ccccc12)C(=O)OC. The molecule has 172 valence electrons. The van der Waals surface area contributed by atoms with Crippen LogP contribution in [0.4, 0.5) is 4.79 Å². The van der Waals surface area contributed by atoms with Crippen LogP contribution in [-0.4, -0.2) is 29.2 Å². The molecule has 1 aromatic carbocycles. The van der Waals surface area contributed by atoms with Crippen LogP contribution >= 0.6 is 0 Å². The second-order valence-electron chi connectivity index (χ2n) is 8.11.